The molecule has 1 N–H and O–H groups in total. The molecule has 0 aliphatic rings. The summed E-state index contributed by atoms with van der Waals surface area (Å²) in [5.41, 5.74) is 0.834. The van der Waals surface area contributed by atoms with Crippen LogP contribution in [0.3, 0.4) is 0 Å². The van der Waals surface area contributed by atoms with E-state index < -0.39 is 5.97 Å². The number of carboxylic acids is 1. The fourth-order valence-corrected chi connectivity index (χ4v) is 1.67. The third-order valence-electron chi connectivity index (χ3n) is 2.31. The minimum absolute atomic E-state index is 0.0110. The highest BCUT2D eigenvalue weighted by Gasteiger charge is 2.08. The van der Waals surface area contributed by atoms with Crippen LogP contribution in [0.2, 0.25) is 0 Å². The van der Waals surface area contributed by atoms with Crippen LogP contribution in [0.1, 0.15) is 5.76 Å². The average molecular weight is 219 g/mol. The molecule has 0 saturated carbocycles. The van der Waals surface area contributed by atoms with Crippen molar-refractivity contribution >= 4 is 16.9 Å². The fraction of sp³-hybridized carbons (Fsp3) is 0.250. The summed E-state index contributed by atoms with van der Waals surface area (Å²) in [6, 6.07) is 9.67. The summed E-state index contributed by atoms with van der Waals surface area (Å²) >= 11 is 0. The van der Waals surface area contributed by atoms with Gasteiger partial charge in [0.05, 0.1) is 13.1 Å². The Hall–Kier alpha value is -1.81. The minimum atomic E-state index is -0.835. The third kappa shape index (κ3) is 2.41. The first kappa shape index (κ1) is 10.7. The van der Waals surface area contributed by atoms with Crippen LogP contribution in [0.15, 0.2) is 34.7 Å². The van der Waals surface area contributed by atoms with E-state index in [1.54, 1.807) is 11.9 Å². The number of benzene rings is 1. The molecule has 1 aromatic carbocycles. The maximum atomic E-state index is 10.5. The molecule has 84 valence electrons. The lowest BCUT2D eigenvalue weighted by molar-refractivity contribution is -0.138. The zero-order chi connectivity index (χ0) is 11.5. The second kappa shape index (κ2) is 4.37. The summed E-state index contributed by atoms with van der Waals surface area (Å²) < 4.78 is 5.59. The molecule has 0 fully saturated rings. The molecular formula is C12H13NO3. The van der Waals surface area contributed by atoms with Gasteiger partial charge in [-0.1, -0.05) is 18.2 Å². The first-order valence-corrected chi connectivity index (χ1v) is 5.03. The number of carbonyl (C=O) groups is 1. The van der Waals surface area contributed by atoms with Gasteiger partial charge in [-0.25, -0.2) is 0 Å². The van der Waals surface area contributed by atoms with Gasteiger partial charge in [0.1, 0.15) is 11.3 Å². The molecule has 0 radical (unpaired) electrons. The van der Waals surface area contributed by atoms with Gasteiger partial charge in [-0.15, -0.1) is 0 Å². The van der Waals surface area contributed by atoms with E-state index in [2.05, 4.69) is 0 Å². The number of aliphatic carboxylic acids is 1. The largest absolute Gasteiger partial charge is 0.480 e. The Kier molecular flexibility index (Phi) is 2.92. The summed E-state index contributed by atoms with van der Waals surface area (Å²) in [4.78, 5) is 12.2. The van der Waals surface area contributed by atoms with Gasteiger partial charge in [-0.05, 0) is 19.2 Å². The summed E-state index contributed by atoms with van der Waals surface area (Å²) in [5.74, 6) is -0.0523. The highest BCUT2D eigenvalue weighted by Crippen LogP contribution is 2.19. The van der Waals surface area contributed by atoms with Gasteiger partial charge in [-0.2, -0.15) is 0 Å². The molecule has 0 aliphatic carbocycles. The zero-order valence-corrected chi connectivity index (χ0v) is 9.01. The van der Waals surface area contributed by atoms with Crippen LogP contribution >= 0.6 is 0 Å². The average Bonchev–Trinajstić information content (AvgIpc) is 2.57. The predicted molar refractivity (Wildman–Crippen MR) is 60.2 cm³/mol. The number of likely N-dealkylation sites (N-methyl/N-ethyl adjacent to an activating group) is 1. The molecule has 1 aromatic heterocycles. The van der Waals surface area contributed by atoms with Gasteiger partial charge in [0.2, 0.25) is 0 Å². The van der Waals surface area contributed by atoms with Crippen LogP contribution in [0.4, 0.5) is 0 Å². The van der Waals surface area contributed by atoms with E-state index in [9.17, 15) is 4.79 Å². The number of carboxylic acid groups (broad SMARTS) is 1. The van der Waals surface area contributed by atoms with Crippen molar-refractivity contribution in [1.82, 2.24) is 4.90 Å². The first-order chi connectivity index (χ1) is 7.65. The Morgan fingerprint density at radius 3 is 2.88 bits per heavy atom. The third-order valence-corrected chi connectivity index (χ3v) is 2.31. The van der Waals surface area contributed by atoms with Crippen molar-refractivity contribution in [2.75, 3.05) is 13.6 Å². The van der Waals surface area contributed by atoms with Crippen LogP contribution in [0.5, 0.6) is 0 Å². The maximum Gasteiger partial charge on any atom is 0.317 e. The molecule has 0 aliphatic heterocycles. The Labute approximate surface area is 93.1 Å². The molecule has 0 atom stereocenters. The van der Waals surface area contributed by atoms with Crippen LogP contribution < -0.4 is 0 Å². The molecule has 0 bridgehead atoms. The lowest BCUT2D eigenvalue weighted by Crippen LogP contribution is -2.24. The topological polar surface area (TPSA) is 53.7 Å². The normalized spacial score (nSPS) is 11.1. The van der Waals surface area contributed by atoms with E-state index in [0.29, 0.717) is 6.54 Å². The number of para-hydroxylation sites is 1. The quantitative estimate of drug-likeness (QED) is 0.853. The zero-order valence-electron chi connectivity index (χ0n) is 9.01. The molecule has 0 saturated heterocycles. The van der Waals surface area contributed by atoms with Crippen molar-refractivity contribution in [3.63, 3.8) is 0 Å². The molecule has 2 aromatic rings. The summed E-state index contributed by atoms with van der Waals surface area (Å²) in [6.07, 6.45) is 0. The summed E-state index contributed by atoms with van der Waals surface area (Å²) in [6.45, 7) is 0.512. The van der Waals surface area contributed by atoms with Crippen molar-refractivity contribution in [2.45, 2.75) is 6.54 Å². The van der Waals surface area contributed by atoms with Gasteiger partial charge < -0.3 is 9.52 Å². The van der Waals surface area contributed by atoms with Gasteiger partial charge in [0, 0.05) is 5.39 Å². The van der Waals surface area contributed by atoms with E-state index in [1.807, 2.05) is 30.3 Å². The molecular weight excluding hydrogens is 206 g/mol. The minimum Gasteiger partial charge on any atom is -0.480 e. The highest BCUT2D eigenvalue weighted by molar-refractivity contribution is 5.77. The number of hydrogen-bond donors (Lipinski definition) is 1. The van der Waals surface area contributed by atoms with Crippen molar-refractivity contribution in [3.8, 4) is 0 Å². The van der Waals surface area contributed by atoms with Gasteiger partial charge in [0.15, 0.2) is 0 Å². The van der Waals surface area contributed by atoms with E-state index in [1.165, 1.54) is 0 Å². The molecule has 2 rings (SSSR count). The van der Waals surface area contributed by atoms with Crippen molar-refractivity contribution < 1.29 is 14.3 Å². The SMILES string of the molecule is CN(CC(=O)O)Cc1cc2ccccc2o1. The second-order valence-electron chi connectivity index (χ2n) is 3.82. The van der Waals surface area contributed by atoms with E-state index in [-0.39, 0.29) is 6.54 Å². The molecule has 0 amide bonds. The van der Waals surface area contributed by atoms with Crippen molar-refractivity contribution in [1.29, 1.82) is 0 Å². The van der Waals surface area contributed by atoms with Crippen LogP contribution in [0, 0.1) is 0 Å². The Morgan fingerprint density at radius 2 is 2.19 bits per heavy atom. The standard InChI is InChI=1S/C12H13NO3/c1-13(8-12(14)15)7-10-6-9-4-2-3-5-11(9)16-10/h2-6H,7-8H2,1H3,(H,14,15). The van der Waals surface area contributed by atoms with E-state index >= 15 is 0 Å². The smallest absolute Gasteiger partial charge is 0.317 e. The van der Waals surface area contributed by atoms with E-state index in [0.717, 1.165) is 16.7 Å². The number of nitrogens with zero attached hydrogens (tertiary/aromatic N) is 1. The van der Waals surface area contributed by atoms with Gasteiger partial charge in [0.25, 0.3) is 0 Å². The first-order valence-electron chi connectivity index (χ1n) is 5.03. The molecule has 0 spiro atoms. The predicted octanol–water partition coefficient (Wildman–Crippen LogP) is 1.95. The van der Waals surface area contributed by atoms with Crippen LogP contribution in [-0.2, 0) is 11.3 Å². The van der Waals surface area contributed by atoms with Crippen molar-refractivity contribution in [2.24, 2.45) is 0 Å². The Balaban J connectivity index is 2.12. The molecule has 4 heteroatoms. The Morgan fingerprint density at radius 1 is 1.44 bits per heavy atom. The van der Waals surface area contributed by atoms with Gasteiger partial charge in [-0.3, -0.25) is 9.69 Å². The number of fused-ring (bicyclic) bond motifs is 1. The fourth-order valence-electron chi connectivity index (χ4n) is 1.67. The number of furan rings is 1. The van der Waals surface area contributed by atoms with E-state index in [4.69, 9.17) is 9.52 Å². The summed E-state index contributed by atoms with van der Waals surface area (Å²) in [7, 11) is 1.75. The lowest BCUT2D eigenvalue weighted by Gasteiger charge is -2.10. The van der Waals surface area contributed by atoms with Crippen molar-refractivity contribution in [3.05, 3.63) is 36.1 Å². The second-order valence-corrected chi connectivity index (χ2v) is 3.82. The van der Waals surface area contributed by atoms with Crippen LogP contribution in [-0.4, -0.2) is 29.6 Å². The lowest BCUT2D eigenvalue weighted by atomic mass is 10.2. The highest BCUT2D eigenvalue weighted by atomic mass is 16.4. The molecule has 0 unspecified atom stereocenters. The number of hydrogen-bond acceptors (Lipinski definition) is 3. The Bertz CT molecular complexity index is 471. The molecule has 4 nitrogen and oxygen atoms in total. The monoisotopic (exact) mass is 219 g/mol. The molecule has 16 heavy (non-hydrogen) atoms. The number of rotatable bonds is 4. The molecule has 1 heterocycles. The van der Waals surface area contributed by atoms with Crippen LogP contribution in [0.25, 0.3) is 11.0 Å². The maximum absolute atomic E-state index is 10.5. The van der Waals surface area contributed by atoms with Gasteiger partial charge >= 0.3 is 5.97 Å². The summed E-state index contributed by atoms with van der Waals surface area (Å²) in [5, 5.41) is 9.67.